The molecule has 0 aliphatic rings. The second-order valence-corrected chi connectivity index (χ2v) is 4.77. The highest BCUT2D eigenvalue weighted by molar-refractivity contribution is 9.10. The third kappa shape index (κ3) is 4.15. The topological polar surface area (TPSA) is 77.2 Å². The number of carboxylic acid groups (broad SMARTS) is 1. The van der Waals surface area contributed by atoms with Crippen LogP contribution in [0.25, 0.3) is 0 Å². The number of nitrogens with zero attached hydrogens (tertiary/aromatic N) is 3. The molecule has 0 spiro atoms. The van der Waals surface area contributed by atoms with Crippen molar-refractivity contribution in [3.05, 3.63) is 46.2 Å². The Morgan fingerprint density at radius 2 is 2.32 bits per heavy atom. The number of hydrogen-bond donors (Lipinski definition) is 1. The molecule has 0 aliphatic heterocycles. The first-order valence-corrected chi connectivity index (χ1v) is 6.40. The molecule has 0 aliphatic carbocycles. The van der Waals surface area contributed by atoms with Crippen LogP contribution in [0.4, 0.5) is 0 Å². The van der Waals surface area contributed by atoms with Gasteiger partial charge >= 0.3 is 5.97 Å². The van der Waals surface area contributed by atoms with Gasteiger partial charge in [-0.2, -0.15) is 0 Å². The molecule has 0 fully saturated rings. The summed E-state index contributed by atoms with van der Waals surface area (Å²) in [7, 11) is 0. The number of benzene rings is 1. The third-order valence-corrected chi connectivity index (χ3v) is 2.87. The number of halogens is 1. The van der Waals surface area contributed by atoms with Crippen LogP contribution in [0.5, 0.6) is 0 Å². The lowest BCUT2D eigenvalue weighted by Crippen LogP contribution is -2.06. The summed E-state index contributed by atoms with van der Waals surface area (Å²) in [5.41, 5.74) is 1.01. The normalized spacial score (nSPS) is 10.6. The Hall–Kier alpha value is -1.73. The fourth-order valence-corrected chi connectivity index (χ4v) is 1.93. The molecule has 19 heavy (non-hydrogen) atoms. The van der Waals surface area contributed by atoms with Gasteiger partial charge in [0.05, 0.1) is 26.0 Å². The largest absolute Gasteiger partial charge is 0.476 e. The van der Waals surface area contributed by atoms with Crippen molar-refractivity contribution < 1.29 is 14.6 Å². The molecule has 0 saturated heterocycles. The van der Waals surface area contributed by atoms with E-state index in [2.05, 4.69) is 26.2 Å². The first kappa shape index (κ1) is 13.7. The van der Waals surface area contributed by atoms with Crippen LogP contribution in [0.3, 0.4) is 0 Å². The van der Waals surface area contributed by atoms with Gasteiger partial charge in [-0.05, 0) is 17.7 Å². The lowest BCUT2D eigenvalue weighted by atomic mass is 10.2. The summed E-state index contributed by atoms with van der Waals surface area (Å²) >= 11 is 3.39. The third-order valence-electron chi connectivity index (χ3n) is 2.38. The van der Waals surface area contributed by atoms with Gasteiger partial charge in [-0.3, -0.25) is 0 Å². The first-order valence-electron chi connectivity index (χ1n) is 5.61. The molecule has 2 aromatic rings. The highest BCUT2D eigenvalue weighted by Gasteiger charge is 2.07. The van der Waals surface area contributed by atoms with Crippen LogP contribution in [-0.2, 0) is 17.9 Å². The van der Waals surface area contributed by atoms with Crippen LogP contribution in [0.1, 0.15) is 16.1 Å². The Kier molecular flexibility index (Phi) is 4.64. The Bertz CT molecular complexity index is 571. The van der Waals surface area contributed by atoms with Gasteiger partial charge in [-0.1, -0.05) is 33.3 Å². The van der Waals surface area contributed by atoms with E-state index in [-0.39, 0.29) is 5.69 Å². The number of rotatable bonds is 6. The minimum Gasteiger partial charge on any atom is -0.476 e. The van der Waals surface area contributed by atoms with Gasteiger partial charge in [-0.15, -0.1) is 5.10 Å². The van der Waals surface area contributed by atoms with Crippen molar-refractivity contribution in [3.63, 3.8) is 0 Å². The van der Waals surface area contributed by atoms with Crippen LogP contribution in [0.2, 0.25) is 0 Å². The summed E-state index contributed by atoms with van der Waals surface area (Å²) < 4.78 is 7.95. The Balaban J connectivity index is 1.76. The minimum atomic E-state index is -1.08. The lowest BCUT2D eigenvalue weighted by Gasteiger charge is -2.04. The number of aromatic carboxylic acids is 1. The molecule has 0 unspecified atom stereocenters. The van der Waals surface area contributed by atoms with Crippen LogP contribution >= 0.6 is 15.9 Å². The standard InChI is InChI=1S/C12H12BrN3O3/c13-10-3-1-2-9(6-10)8-19-5-4-16-7-11(12(17)18)14-15-16/h1-3,6-7H,4-5,8H2,(H,17,18). The van der Waals surface area contributed by atoms with Crippen molar-refractivity contribution in [1.29, 1.82) is 0 Å². The number of carboxylic acids is 1. The minimum absolute atomic E-state index is 0.0630. The lowest BCUT2D eigenvalue weighted by molar-refractivity contribution is 0.0690. The molecule has 1 N–H and O–H groups in total. The van der Waals surface area contributed by atoms with E-state index in [0.29, 0.717) is 19.8 Å². The number of hydrogen-bond acceptors (Lipinski definition) is 4. The summed E-state index contributed by atoms with van der Waals surface area (Å²) in [6, 6.07) is 7.85. The summed E-state index contributed by atoms with van der Waals surface area (Å²) in [4.78, 5) is 10.6. The zero-order valence-corrected chi connectivity index (χ0v) is 11.6. The van der Waals surface area contributed by atoms with Crippen molar-refractivity contribution in [2.45, 2.75) is 13.2 Å². The molecule has 1 aromatic heterocycles. The quantitative estimate of drug-likeness (QED) is 0.821. The van der Waals surface area contributed by atoms with Crippen molar-refractivity contribution >= 4 is 21.9 Å². The molecule has 2 rings (SSSR count). The van der Waals surface area contributed by atoms with Gasteiger partial charge in [0.1, 0.15) is 0 Å². The smallest absolute Gasteiger partial charge is 0.358 e. The molecule has 7 heteroatoms. The molecule has 1 aromatic carbocycles. The van der Waals surface area contributed by atoms with Crippen molar-refractivity contribution in [1.82, 2.24) is 15.0 Å². The second-order valence-electron chi connectivity index (χ2n) is 3.85. The van der Waals surface area contributed by atoms with E-state index in [1.54, 1.807) is 0 Å². The Morgan fingerprint density at radius 3 is 3.00 bits per heavy atom. The Morgan fingerprint density at radius 1 is 1.47 bits per heavy atom. The van der Waals surface area contributed by atoms with Gasteiger partial charge in [0.15, 0.2) is 5.69 Å². The van der Waals surface area contributed by atoms with Crippen LogP contribution < -0.4 is 0 Å². The van der Waals surface area contributed by atoms with Crippen molar-refractivity contribution in [3.8, 4) is 0 Å². The van der Waals surface area contributed by atoms with E-state index in [4.69, 9.17) is 9.84 Å². The number of carbonyl (C=O) groups is 1. The van der Waals surface area contributed by atoms with Gasteiger partial charge in [0.25, 0.3) is 0 Å². The SMILES string of the molecule is O=C(O)c1cn(CCOCc2cccc(Br)c2)nn1. The monoisotopic (exact) mass is 325 g/mol. The van der Waals surface area contributed by atoms with E-state index in [1.165, 1.54) is 10.9 Å². The van der Waals surface area contributed by atoms with Crippen molar-refractivity contribution in [2.75, 3.05) is 6.61 Å². The van der Waals surface area contributed by atoms with E-state index >= 15 is 0 Å². The average Bonchev–Trinajstić information content (AvgIpc) is 2.84. The van der Waals surface area contributed by atoms with Crippen LogP contribution in [-0.4, -0.2) is 32.7 Å². The zero-order chi connectivity index (χ0) is 13.7. The number of ether oxygens (including phenoxy) is 1. The molecular formula is C12H12BrN3O3. The number of aromatic nitrogens is 3. The van der Waals surface area contributed by atoms with E-state index in [0.717, 1.165) is 10.0 Å². The van der Waals surface area contributed by atoms with Crippen LogP contribution in [0, 0.1) is 0 Å². The van der Waals surface area contributed by atoms with Gasteiger partial charge < -0.3 is 9.84 Å². The summed E-state index contributed by atoms with van der Waals surface area (Å²) in [5.74, 6) is -1.08. The maximum atomic E-state index is 10.6. The van der Waals surface area contributed by atoms with Gasteiger partial charge in [-0.25, -0.2) is 9.48 Å². The molecule has 0 amide bonds. The van der Waals surface area contributed by atoms with Gasteiger partial charge in [0.2, 0.25) is 0 Å². The molecule has 0 bridgehead atoms. The molecule has 0 atom stereocenters. The molecule has 100 valence electrons. The van der Waals surface area contributed by atoms with Crippen molar-refractivity contribution in [2.24, 2.45) is 0 Å². The van der Waals surface area contributed by atoms with E-state index < -0.39 is 5.97 Å². The highest BCUT2D eigenvalue weighted by atomic mass is 79.9. The zero-order valence-electron chi connectivity index (χ0n) is 9.99. The Labute approximate surface area is 118 Å². The molecule has 0 radical (unpaired) electrons. The fourth-order valence-electron chi connectivity index (χ4n) is 1.48. The summed E-state index contributed by atoms with van der Waals surface area (Å²) in [6.45, 7) is 1.41. The summed E-state index contributed by atoms with van der Waals surface area (Å²) in [5, 5.41) is 15.9. The molecule has 1 heterocycles. The molecule has 0 saturated carbocycles. The average molecular weight is 326 g/mol. The van der Waals surface area contributed by atoms with E-state index in [1.807, 2.05) is 24.3 Å². The molecular weight excluding hydrogens is 314 g/mol. The van der Waals surface area contributed by atoms with Gasteiger partial charge in [0, 0.05) is 4.47 Å². The van der Waals surface area contributed by atoms with E-state index in [9.17, 15) is 4.79 Å². The second kappa shape index (κ2) is 6.44. The first-order chi connectivity index (χ1) is 9.15. The maximum absolute atomic E-state index is 10.6. The van der Waals surface area contributed by atoms with Crippen LogP contribution in [0.15, 0.2) is 34.9 Å². The molecule has 6 nitrogen and oxygen atoms in total. The summed E-state index contributed by atoms with van der Waals surface area (Å²) in [6.07, 6.45) is 1.38. The predicted molar refractivity (Wildman–Crippen MR) is 70.8 cm³/mol. The fraction of sp³-hybridized carbons (Fsp3) is 0.250. The predicted octanol–water partition coefficient (Wildman–Crippen LogP) is 1.96. The maximum Gasteiger partial charge on any atom is 0.358 e. The highest BCUT2D eigenvalue weighted by Crippen LogP contribution is 2.12.